The number of nitrogens with two attached hydrogens (primary N) is 1. The highest BCUT2D eigenvalue weighted by Gasteiger charge is 2.32. The molecule has 0 aromatic carbocycles. The Morgan fingerprint density at radius 1 is 1.45 bits per heavy atom. The number of nitrogens with zero attached hydrogens (tertiary/aromatic N) is 1. The smallest absolute Gasteiger partial charge is 0.220 e. The summed E-state index contributed by atoms with van der Waals surface area (Å²) in [5.41, 5.74) is 5.97. The summed E-state index contributed by atoms with van der Waals surface area (Å²) in [5.74, 6) is 0.116. The Labute approximate surface area is 125 Å². The predicted molar refractivity (Wildman–Crippen MR) is 82.5 cm³/mol. The molecule has 1 amide bonds. The molecular formula is C15H25N3OS. The first-order chi connectivity index (χ1) is 9.67. The van der Waals surface area contributed by atoms with Gasteiger partial charge < -0.3 is 11.1 Å². The SMILES string of the molecule is CCc1cnc(CNC(=O)CC2(CN)CCCCC2)s1. The molecule has 0 bridgehead atoms. The molecule has 1 aromatic rings. The molecule has 0 atom stereocenters. The predicted octanol–water partition coefficient (Wildman–Crippen LogP) is 2.62. The molecule has 2 rings (SSSR count). The maximum absolute atomic E-state index is 12.1. The Balaban J connectivity index is 1.82. The minimum Gasteiger partial charge on any atom is -0.350 e. The molecule has 0 radical (unpaired) electrons. The van der Waals surface area contributed by atoms with Crippen LogP contribution in [0.25, 0.3) is 0 Å². The number of hydrogen-bond donors (Lipinski definition) is 2. The van der Waals surface area contributed by atoms with Crippen molar-refractivity contribution in [3.05, 3.63) is 16.1 Å². The van der Waals surface area contributed by atoms with Crippen molar-refractivity contribution >= 4 is 17.2 Å². The van der Waals surface area contributed by atoms with Gasteiger partial charge in [0.1, 0.15) is 5.01 Å². The topological polar surface area (TPSA) is 68.0 Å². The Kier molecular flexibility index (Phi) is 5.54. The van der Waals surface area contributed by atoms with Crippen LogP contribution in [0, 0.1) is 5.41 Å². The Hall–Kier alpha value is -0.940. The molecule has 0 aliphatic heterocycles. The van der Waals surface area contributed by atoms with Gasteiger partial charge in [-0.15, -0.1) is 11.3 Å². The summed E-state index contributed by atoms with van der Waals surface area (Å²) < 4.78 is 0. The van der Waals surface area contributed by atoms with Crippen molar-refractivity contribution in [1.82, 2.24) is 10.3 Å². The molecule has 0 saturated heterocycles. The lowest BCUT2D eigenvalue weighted by Crippen LogP contribution is -2.38. The first-order valence-corrected chi connectivity index (χ1v) is 8.39. The zero-order valence-electron chi connectivity index (χ0n) is 12.3. The highest BCUT2D eigenvalue weighted by Crippen LogP contribution is 2.38. The molecule has 1 aliphatic rings. The van der Waals surface area contributed by atoms with Crippen molar-refractivity contribution in [3.63, 3.8) is 0 Å². The molecule has 20 heavy (non-hydrogen) atoms. The van der Waals surface area contributed by atoms with Gasteiger partial charge in [0.15, 0.2) is 0 Å². The third kappa shape index (κ3) is 4.03. The van der Waals surface area contributed by atoms with Crippen molar-refractivity contribution in [2.24, 2.45) is 11.1 Å². The highest BCUT2D eigenvalue weighted by molar-refractivity contribution is 7.11. The van der Waals surface area contributed by atoms with E-state index < -0.39 is 0 Å². The molecule has 0 unspecified atom stereocenters. The molecule has 3 N–H and O–H groups in total. The standard InChI is InChI=1S/C15H25N3OS/c1-2-12-9-18-14(20-12)10-17-13(19)8-15(11-16)6-4-3-5-7-15/h9H,2-8,10-11,16H2,1H3,(H,17,19). The molecule has 1 aliphatic carbocycles. The van der Waals surface area contributed by atoms with Gasteiger partial charge in [0.2, 0.25) is 5.91 Å². The van der Waals surface area contributed by atoms with Crippen LogP contribution in [0.3, 0.4) is 0 Å². The monoisotopic (exact) mass is 295 g/mol. The first kappa shape index (κ1) is 15.4. The lowest BCUT2D eigenvalue weighted by molar-refractivity contribution is -0.124. The second-order valence-electron chi connectivity index (χ2n) is 5.79. The number of carbonyl (C=O) groups is 1. The minimum absolute atomic E-state index is 0.0415. The average molecular weight is 295 g/mol. The van der Waals surface area contributed by atoms with E-state index in [4.69, 9.17) is 5.73 Å². The molecule has 4 nitrogen and oxygen atoms in total. The second kappa shape index (κ2) is 7.18. The van der Waals surface area contributed by atoms with E-state index >= 15 is 0 Å². The number of thiazole rings is 1. The Bertz CT molecular complexity index is 438. The fourth-order valence-corrected chi connectivity index (χ4v) is 3.73. The van der Waals surface area contributed by atoms with Gasteiger partial charge in [-0.3, -0.25) is 4.79 Å². The van der Waals surface area contributed by atoms with Crippen molar-refractivity contribution in [2.75, 3.05) is 6.54 Å². The van der Waals surface area contributed by atoms with Crippen molar-refractivity contribution < 1.29 is 4.79 Å². The molecule has 1 fully saturated rings. The van der Waals surface area contributed by atoms with E-state index in [9.17, 15) is 4.79 Å². The van der Waals surface area contributed by atoms with Crippen LogP contribution < -0.4 is 11.1 Å². The number of hydrogen-bond acceptors (Lipinski definition) is 4. The van der Waals surface area contributed by atoms with E-state index in [2.05, 4.69) is 17.2 Å². The quantitative estimate of drug-likeness (QED) is 0.847. The summed E-state index contributed by atoms with van der Waals surface area (Å²) in [7, 11) is 0. The van der Waals surface area contributed by atoms with Crippen LogP contribution in [-0.4, -0.2) is 17.4 Å². The summed E-state index contributed by atoms with van der Waals surface area (Å²) in [4.78, 5) is 17.7. The van der Waals surface area contributed by atoms with Gasteiger partial charge in [-0.05, 0) is 31.2 Å². The lowest BCUT2D eigenvalue weighted by atomic mass is 9.72. The number of rotatable bonds is 6. The van der Waals surface area contributed by atoms with Gasteiger partial charge in [0.05, 0.1) is 6.54 Å². The zero-order valence-corrected chi connectivity index (χ0v) is 13.1. The molecule has 112 valence electrons. The van der Waals surface area contributed by atoms with Crippen molar-refractivity contribution in [2.45, 2.75) is 58.4 Å². The number of nitrogens with one attached hydrogen (secondary N) is 1. The van der Waals surface area contributed by atoms with Gasteiger partial charge in [0, 0.05) is 17.5 Å². The zero-order chi connectivity index (χ0) is 14.4. The average Bonchev–Trinajstić information content (AvgIpc) is 2.94. The second-order valence-corrected chi connectivity index (χ2v) is 6.99. The van der Waals surface area contributed by atoms with E-state index in [1.807, 2.05) is 6.20 Å². The minimum atomic E-state index is 0.0415. The molecule has 1 aromatic heterocycles. The van der Waals surface area contributed by atoms with Crippen LogP contribution in [0.15, 0.2) is 6.20 Å². The van der Waals surface area contributed by atoms with E-state index in [1.165, 1.54) is 24.1 Å². The number of carbonyl (C=O) groups excluding carboxylic acids is 1. The van der Waals surface area contributed by atoms with Gasteiger partial charge in [-0.25, -0.2) is 4.98 Å². The number of aromatic nitrogens is 1. The van der Waals surface area contributed by atoms with Crippen LogP contribution in [0.5, 0.6) is 0 Å². The lowest BCUT2D eigenvalue weighted by Gasteiger charge is -2.35. The van der Waals surface area contributed by atoms with Crippen LogP contribution >= 0.6 is 11.3 Å². The Morgan fingerprint density at radius 2 is 2.20 bits per heavy atom. The van der Waals surface area contributed by atoms with E-state index in [0.29, 0.717) is 19.5 Å². The van der Waals surface area contributed by atoms with Gasteiger partial charge in [-0.2, -0.15) is 0 Å². The summed E-state index contributed by atoms with van der Waals surface area (Å²) in [6, 6.07) is 0. The molecule has 1 heterocycles. The van der Waals surface area contributed by atoms with E-state index in [-0.39, 0.29) is 11.3 Å². The van der Waals surface area contributed by atoms with E-state index in [1.54, 1.807) is 11.3 Å². The maximum Gasteiger partial charge on any atom is 0.220 e. The van der Waals surface area contributed by atoms with Gasteiger partial charge >= 0.3 is 0 Å². The summed E-state index contributed by atoms with van der Waals surface area (Å²) >= 11 is 1.68. The number of amides is 1. The third-order valence-corrected chi connectivity index (χ3v) is 5.41. The maximum atomic E-state index is 12.1. The molecular weight excluding hydrogens is 270 g/mol. The Morgan fingerprint density at radius 3 is 2.80 bits per heavy atom. The van der Waals surface area contributed by atoms with Crippen molar-refractivity contribution in [1.29, 1.82) is 0 Å². The summed E-state index contributed by atoms with van der Waals surface area (Å²) in [6.07, 6.45) is 9.34. The van der Waals surface area contributed by atoms with Gasteiger partial charge in [0.25, 0.3) is 0 Å². The fourth-order valence-electron chi connectivity index (χ4n) is 2.93. The third-order valence-electron chi connectivity index (χ3n) is 4.27. The normalized spacial score (nSPS) is 17.9. The van der Waals surface area contributed by atoms with E-state index in [0.717, 1.165) is 24.3 Å². The van der Waals surface area contributed by atoms with Gasteiger partial charge in [-0.1, -0.05) is 26.2 Å². The molecule has 5 heteroatoms. The van der Waals surface area contributed by atoms with Crippen molar-refractivity contribution in [3.8, 4) is 0 Å². The summed E-state index contributed by atoms with van der Waals surface area (Å²) in [6.45, 7) is 3.28. The number of aryl methyl sites for hydroxylation is 1. The largest absolute Gasteiger partial charge is 0.350 e. The first-order valence-electron chi connectivity index (χ1n) is 7.58. The van der Waals surface area contributed by atoms with Crippen LogP contribution in [-0.2, 0) is 17.8 Å². The van der Waals surface area contributed by atoms with Crippen LogP contribution in [0.1, 0.15) is 55.3 Å². The highest BCUT2D eigenvalue weighted by atomic mass is 32.1. The van der Waals surface area contributed by atoms with Crippen LogP contribution in [0.2, 0.25) is 0 Å². The summed E-state index contributed by atoms with van der Waals surface area (Å²) in [5, 5.41) is 3.98. The van der Waals surface area contributed by atoms with Crippen LogP contribution in [0.4, 0.5) is 0 Å². The molecule has 1 saturated carbocycles. The molecule has 0 spiro atoms. The fraction of sp³-hybridized carbons (Fsp3) is 0.733.